The van der Waals surface area contributed by atoms with Crippen LogP contribution in [0, 0.1) is 0 Å². The van der Waals surface area contributed by atoms with Crippen LogP contribution in [0.15, 0.2) is 16.9 Å². The van der Waals surface area contributed by atoms with Crippen molar-refractivity contribution in [1.29, 1.82) is 0 Å². The fourth-order valence-corrected chi connectivity index (χ4v) is 0.904. The third-order valence-electron chi connectivity index (χ3n) is 1.19. The lowest BCUT2D eigenvalue weighted by molar-refractivity contribution is 0.111. The van der Waals surface area contributed by atoms with Gasteiger partial charge in [0.15, 0.2) is 11.7 Å². The molecule has 11 heavy (non-hydrogen) atoms. The lowest BCUT2D eigenvalue weighted by Crippen LogP contribution is -2.04. The summed E-state index contributed by atoms with van der Waals surface area (Å²) in [6, 6.07) is 2.59. The number of aromatic amines is 1. The summed E-state index contributed by atoms with van der Waals surface area (Å²) in [6.07, 6.45) is 0.581. The van der Waals surface area contributed by atoms with Crippen LogP contribution in [0.25, 0.3) is 0 Å². The summed E-state index contributed by atoms with van der Waals surface area (Å²) < 4.78 is 0. The maximum atomic E-state index is 10.8. The molecule has 0 amide bonds. The number of hydrogen-bond acceptors (Lipinski definition) is 2. The summed E-state index contributed by atoms with van der Waals surface area (Å²) in [7, 11) is 0. The zero-order chi connectivity index (χ0) is 8.27. The number of nitrogens with one attached hydrogen (secondary N) is 1. The smallest absolute Gasteiger partial charge is 0.182 e. The summed E-state index contributed by atoms with van der Waals surface area (Å²) in [5, 5.41) is 0. The standard InChI is InChI=1S/C7H6ClNO2/c8-3-5-1-7(11)2-6(4-10)9-5/h1-2,4H,3H2,(H,9,11). The molecular formula is C7H6ClNO2. The predicted octanol–water partition coefficient (Wildman–Crippen LogP) is 0.926. The molecule has 0 unspecified atom stereocenters. The monoisotopic (exact) mass is 171 g/mol. The molecule has 0 aliphatic heterocycles. The van der Waals surface area contributed by atoms with Crippen LogP contribution in [-0.4, -0.2) is 11.3 Å². The normalized spacial score (nSPS) is 9.55. The zero-order valence-electron chi connectivity index (χ0n) is 5.63. The van der Waals surface area contributed by atoms with E-state index in [4.69, 9.17) is 11.6 Å². The van der Waals surface area contributed by atoms with Crippen LogP contribution in [0.4, 0.5) is 0 Å². The molecule has 0 aliphatic rings. The van der Waals surface area contributed by atoms with E-state index < -0.39 is 0 Å². The van der Waals surface area contributed by atoms with Gasteiger partial charge in [0.1, 0.15) is 0 Å². The lowest BCUT2D eigenvalue weighted by Gasteiger charge is -1.95. The van der Waals surface area contributed by atoms with Gasteiger partial charge in [0.2, 0.25) is 0 Å². The van der Waals surface area contributed by atoms with Crippen LogP contribution in [-0.2, 0) is 5.88 Å². The second-order valence-electron chi connectivity index (χ2n) is 2.05. The molecule has 3 nitrogen and oxygen atoms in total. The molecule has 0 fully saturated rings. The number of carbonyl (C=O) groups is 1. The number of hydrogen-bond donors (Lipinski definition) is 1. The number of aldehydes is 1. The number of alkyl halides is 1. The molecule has 1 rings (SSSR count). The molecule has 0 saturated heterocycles. The van der Waals surface area contributed by atoms with Gasteiger partial charge in [-0.1, -0.05) is 0 Å². The summed E-state index contributed by atoms with van der Waals surface area (Å²) in [5.74, 6) is 0.205. The van der Waals surface area contributed by atoms with Crippen molar-refractivity contribution in [3.05, 3.63) is 33.7 Å². The van der Waals surface area contributed by atoms with Crippen molar-refractivity contribution in [1.82, 2.24) is 4.98 Å². The van der Waals surface area contributed by atoms with Gasteiger partial charge in [0, 0.05) is 17.8 Å². The van der Waals surface area contributed by atoms with Gasteiger partial charge in [0.25, 0.3) is 0 Å². The van der Waals surface area contributed by atoms with E-state index in [9.17, 15) is 9.59 Å². The molecule has 0 aromatic carbocycles. The minimum atomic E-state index is -0.207. The largest absolute Gasteiger partial charge is 0.355 e. The molecule has 58 valence electrons. The molecule has 0 bridgehead atoms. The van der Waals surface area contributed by atoms with Gasteiger partial charge in [-0.2, -0.15) is 0 Å². The minimum Gasteiger partial charge on any atom is -0.355 e. The summed E-state index contributed by atoms with van der Waals surface area (Å²) in [4.78, 5) is 23.7. The van der Waals surface area contributed by atoms with E-state index in [1.54, 1.807) is 0 Å². The Labute approximate surface area is 68.0 Å². The lowest BCUT2D eigenvalue weighted by atomic mass is 10.3. The third-order valence-corrected chi connectivity index (χ3v) is 1.48. The van der Waals surface area contributed by atoms with E-state index in [0.717, 1.165) is 0 Å². The van der Waals surface area contributed by atoms with Crippen LogP contribution >= 0.6 is 11.6 Å². The Balaban J connectivity index is 3.22. The highest BCUT2D eigenvalue weighted by Gasteiger charge is 1.95. The Morgan fingerprint density at radius 1 is 1.55 bits per heavy atom. The number of halogens is 1. The zero-order valence-corrected chi connectivity index (χ0v) is 6.39. The molecule has 1 aromatic heterocycles. The quantitative estimate of drug-likeness (QED) is 0.532. The molecule has 1 aromatic rings. The second kappa shape index (κ2) is 3.34. The minimum absolute atomic E-state index is 0.205. The molecule has 1 heterocycles. The maximum absolute atomic E-state index is 10.8. The average Bonchev–Trinajstić information content (AvgIpc) is 2.03. The van der Waals surface area contributed by atoms with Crippen molar-refractivity contribution in [2.24, 2.45) is 0 Å². The van der Waals surface area contributed by atoms with Gasteiger partial charge in [-0.25, -0.2) is 0 Å². The van der Waals surface area contributed by atoms with Crippen molar-refractivity contribution in [2.75, 3.05) is 0 Å². The van der Waals surface area contributed by atoms with Crippen LogP contribution < -0.4 is 5.43 Å². The summed E-state index contributed by atoms with van der Waals surface area (Å²) in [5.41, 5.74) is 0.607. The molecule has 4 heteroatoms. The van der Waals surface area contributed by atoms with Crippen molar-refractivity contribution >= 4 is 17.9 Å². The summed E-state index contributed by atoms with van der Waals surface area (Å²) >= 11 is 5.44. The van der Waals surface area contributed by atoms with Crippen molar-refractivity contribution < 1.29 is 4.79 Å². The number of rotatable bonds is 2. The second-order valence-corrected chi connectivity index (χ2v) is 2.32. The van der Waals surface area contributed by atoms with Gasteiger partial charge >= 0.3 is 0 Å². The van der Waals surface area contributed by atoms with Crippen LogP contribution in [0.5, 0.6) is 0 Å². The van der Waals surface area contributed by atoms with Crippen molar-refractivity contribution in [3.8, 4) is 0 Å². The SMILES string of the molecule is O=Cc1cc(=O)cc(CCl)[nH]1. The molecule has 0 aliphatic carbocycles. The first-order valence-electron chi connectivity index (χ1n) is 3.00. The highest BCUT2D eigenvalue weighted by atomic mass is 35.5. The molecule has 0 saturated carbocycles. The van der Waals surface area contributed by atoms with Gasteiger partial charge in [-0.05, 0) is 0 Å². The number of carbonyl (C=O) groups excluding carboxylic acids is 1. The van der Waals surface area contributed by atoms with Gasteiger partial charge in [-0.3, -0.25) is 9.59 Å². The van der Waals surface area contributed by atoms with Gasteiger partial charge in [-0.15, -0.1) is 11.6 Å². The van der Waals surface area contributed by atoms with Gasteiger partial charge in [0.05, 0.1) is 11.6 Å². The Hall–Kier alpha value is -1.09. The highest BCUT2D eigenvalue weighted by Crippen LogP contribution is 1.96. The number of pyridine rings is 1. The Morgan fingerprint density at radius 3 is 2.82 bits per heavy atom. The first-order valence-corrected chi connectivity index (χ1v) is 3.54. The van der Waals surface area contributed by atoms with Gasteiger partial charge < -0.3 is 4.98 Å². The molecular weight excluding hydrogens is 166 g/mol. The fraction of sp³-hybridized carbons (Fsp3) is 0.143. The van der Waals surface area contributed by atoms with Crippen molar-refractivity contribution in [2.45, 2.75) is 5.88 Å². The van der Waals surface area contributed by atoms with Crippen LogP contribution in [0.3, 0.4) is 0 Å². The van der Waals surface area contributed by atoms with Crippen LogP contribution in [0.1, 0.15) is 16.2 Å². The third kappa shape index (κ3) is 1.91. The predicted molar refractivity (Wildman–Crippen MR) is 42.0 cm³/mol. The highest BCUT2D eigenvalue weighted by molar-refractivity contribution is 6.16. The van der Waals surface area contributed by atoms with Crippen molar-refractivity contribution in [3.63, 3.8) is 0 Å². The Morgan fingerprint density at radius 2 is 2.27 bits per heavy atom. The fourth-order valence-electron chi connectivity index (χ4n) is 0.760. The molecule has 0 radical (unpaired) electrons. The van der Waals surface area contributed by atoms with E-state index in [2.05, 4.69) is 4.98 Å². The van der Waals surface area contributed by atoms with E-state index >= 15 is 0 Å². The molecule has 0 spiro atoms. The molecule has 1 N–H and O–H groups in total. The van der Waals surface area contributed by atoms with Crippen LogP contribution in [0.2, 0.25) is 0 Å². The number of aromatic nitrogens is 1. The van der Waals surface area contributed by atoms with E-state index in [1.807, 2.05) is 0 Å². The molecule has 0 atom stereocenters. The number of H-pyrrole nitrogens is 1. The maximum Gasteiger partial charge on any atom is 0.182 e. The Kier molecular flexibility index (Phi) is 2.44. The first kappa shape index (κ1) is 8.01. The summed E-state index contributed by atoms with van der Waals surface area (Å²) in [6.45, 7) is 0. The van der Waals surface area contributed by atoms with E-state index in [0.29, 0.717) is 12.0 Å². The topological polar surface area (TPSA) is 49.9 Å². The van der Waals surface area contributed by atoms with E-state index in [-0.39, 0.29) is 17.0 Å². The average molecular weight is 172 g/mol. The first-order chi connectivity index (χ1) is 5.26. The van der Waals surface area contributed by atoms with E-state index in [1.165, 1.54) is 12.1 Å². The Bertz CT molecular complexity index is 318.